The number of nitrogens with one attached hydrogen (secondary N) is 1. The molecule has 1 aliphatic heterocycles. The van der Waals surface area contributed by atoms with Gasteiger partial charge in [0.25, 0.3) is 5.91 Å². The van der Waals surface area contributed by atoms with Gasteiger partial charge in [0.1, 0.15) is 12.3 Å². The lowest BCUT2D eigenvalue weighted by atomic mass is 9.89. The molecule has 0 radical (unpaired) electrons. The van der Waals surface area contributed by atoms with Gasteiger partial charge in [-0.1, -0.05) is 0 Å². The molecule has 1 amide bonds. The molecule has 7 heteroatoms. The van der Waals surface area contributed by atoms with E-state index < -0.39 is 0 Å². The van der Waals surface area contributed by atoms with Gasteiger partial charge >= 0.3 is 0 Å². The van der Waals surface area contributed by atoms with Crippen LogP contribution in [-0.4, -0.2) is 45.5 Å². The summed E-state index contributed by atoms with van der Waals surface area (Å²) in [6.07, 6.45) is 9.21. The molecule has 34 heavy (non-hydrogen) atoms. The first-order valence-electron chi connectivity index (χ1n) is 11.7. The van der Waals surface area contributed by atoms with Crippen LogP contribution in [0, 0.1) is 0 Å². The highest BCUT2D eigenvalue weighted by atomic mass is 16.5. The van der Waals surface area contributed by atoms with E-state index in [4.69, 9.17) is 9.47 Å². The van der Waals surface area contributed by atoms with Gasteiger partial charge in [0.15, 0.2) is 11.5 Å². The molecule has 0 aliphatic carbocycles. The summed E-state index contributed by atoms with van der Waals surface area (Å²) in [7, 11) is 0. The fourth-order valence-corrected chi connectivity index (χ4v) is 4.56. The Bertz CT molecular complexity index is 1260. The van der Waals surface area contributed by atoms with Crippen LogP contribution in [-0.2, 0) is 6.61 Å². The second-order valence-electron chi connectivity index (χ2n) is 8.45. The van der Waals surface area contributed by atoms with Gasteiger partial charge in [0, 0.05) is 48.8 Å². The molecule has 1 fully saturated rings. The molecule has 3 aromatic heterocycles. The van der Waals surface area contributed by atoms with Crippen LogP contribution < -0.4 is 9.47 Å². The topological polar surface area (TPSA) is 80.3 Å². The van der Waals surface area contributed by atoms with E-state index in [0.717, 1.165) is 37.1 Å². The Balaban J connectivity index is 1.25. The van der Waals surface area contributed by atoms with Gasteiger partial charge < -0.3 is 19.4 Å². The van der Waals surface area contributed by atoms with E-state index in [2.05, 4.69) is 27.2 Å². The Morgan fingerprint density at radius 3 is 2.68 bits per heavy atom. The first kappa shape index (κ1) is 21.9. The zero-order chi connectivity index (χ0) is 23.3. The van der Waals surface area contributed by atoms with E-state index in [1.165, 1.54) is 10.9 Å². The normalized spacial score (nSPS) is 14.3. The molecule has 1 N–H and O–H groups in total. The molecule has 0 unspecified atom stereocenters. The van der Waals surface area contributed by atoms with Gasteiger partial charge in [0.2, 0.25) is 0 Å². The number of carbonyl (C=O) groups excluding carboxylic acids is 1. The third-order valence-corrected chi connectivity index (χ3v) is 6.34. The van der Waals surface area contributed by atoms with Gasteiger partial charge in [-0.15, -0.1) is 0 Å². The Morgan fingerprint density at radius 1 is 1.06 bits per heavy atom. The summed E-state index contributed by atoms with van der Waals surface area (Å²) >= 11 is 0. The lowest BCUT2D eigenvalue weighted by Gasteiger charge is -2.32. The summed E-state index contributed by atoms with van der Waals surface area (Å²) in [5.41, 5.74) is 3.86. The number of ether oxygens (including phenoxy) is 2. The summed E-state index contributed by atoms with van der Waals surface area (Å²) in [4.78, 5) is 26.9. The number of nitrogens with zero attached hydrogens (tertiary/aromatic N) is 3. The number of carbonyl (C=O) groups is 1. The molecule has 4 aromatic rings. The van der Waals surface area contributed by atoms with Crippen molar-refractivity contribution in [3.8, 4) is 11.5 Å². The van der Waals surface area contributed by atoms with Crippen LogP contribution in [0.1, 0.15) is 47.2 Å². The van der Waals surface area contributed by atoms with Crippen LogP contribution in [0.3, 0.4) is 0 Å². The number of aromatic amines is 1. The molecule has 1 aliphatic rings. The Morgan fingerprint density at radius 2 is 1.88 bits per heavy atom. The maximum absolute atomic E-state index is 13.3. The minimum atomic E-state index is 0.0284. The van der Waals surface area contributed by atoms with E-state index in [9.17, 15) is 4.79 Å². The fourth-order valence-electron chi connectivity index (χ4n) is 4.56. The highest BCUT2D eigenvalue weighted by Crippen LogP contribution is 2.34. The van der Waals surface area contributed by atoms with Crippen molar-refractivity contribution in [2.45, 2.75) is 32.3 Å². The van der Waals surface area contributed by atoms with Crippen molar-refractivity contribution in [3.05, 3.63) is 83.9 Å². The number of aromatic nitrogens is 3. The largest absolute Gasteiger partial charge is 0.490 e. The fraction of sp³-hybridized carbons (Fsp3) is 0.296. The number of rotatable bonds is 7. The number of piperidine rings is 1. The van der Waals surface area contributed by atoms with E-state index >= 15 is 0 Å². The van der Waals surface area contributed by atoms with Gasteiger partial charge in [-0.25, -0.2) is 4.98 Å². The van der Waals surface area contributed by atoms with Crippen LogP contribution >= 0.6 is 0 Å². The van der Waals surface area contributed by atoms with Gasteiger partial charge in [-0.2, -0.15) is 0 Å². The molecule has 174 valence electrons. The van der Waals surface area contributed by atoms with Crippen LogP contribution in [0.5, 0.6) is 11.5 Å². The molecule has 0 spiro atoms. The van der Waals surface area contributed by atoms with Crippen molar-refractivity contribution in [2.24, 2.45) is 0 Å². The number of hydrogen-bond donors (Lipinski definition) is 1. The Hall–Kier alpha value is -3.87. The van der Waals surface area contributed by atoms with E-state index in [1.54, 1.807) is 24.7 Å². The maximum atomic E-state index is 13.3. The number of amides is 1. The smallest absolute Gasteiger partial charge is 0.253 e. The van der Waals surface area contributed by atoms with Gasteiger partial charge in [-0.3, -0.25) is 9.78 Å². The molecule has 0 saturated carbocycles. The van der Waals surface area contributed by atoms with Crippen molar-refractivity contribution in [3.63, 3.8) is 0 Å². The molecule has 1 saturated heterocycles. The molecule has 0 bridgehead atoms. The number of likely N-dealkylation sites (tertiary alicyclic amines) is 1. The minimum absolute atomic E-state index is 0.0284. The van der Waals surface area contributed by atoms with E-state index in [-0.39, 0.29) is 5.91 Å². The summed E-state index contributed by atoms with van der Waals surface area (Å²) in [6, 6.07) is 13.3. The van der Waals surface area contributed by atoms with Crippen LogP contribution in [0.15, 0.2) is 67.3 Å². The lowest BCUT2D eigenvalue weighted by Crippen LogP contribution is -2.37. The summed E-state index contributed by atoms with van der Waals surface area (Å²) < 4.78 is 11.8. The van der Waals surface area contributed by atoms with Crippen LogP contribution in [0.2, 0.25) is 0 Å². The van der Waals surface area contributed by atoms with E-state index in [0.29, 0.717) is 36.2 Å². The molecular formula is C27H28N4O3. The van der Waals surface area contributed by atoms with E-state index in [1.807, 2.05) is 42.2 Å². The van der Waals surface area contributed by atoms with Crippen molar-refractivity contribution < 1.29 is 14.3 Å². The molecule has 5 rings (SSSR count). The second kappa shape index (κ2) is 9.95. The maximum Gasteiger partial charge on any atom is 0.253 e. The van der Waals surface area contributed by atoms with Crippen molar-refractivity contribution in [1.82, 2.24) is 19.9 Å². The summed E-state index contributed by atoms with van der Waals surface area (Å²) in [5, 5.41) is 1.18. The predicted octanol–water partition coefficient (Wildman–Crippen LogP) is 4.96. The summed E-state index contributed by atoms with van der Waals surface area (Å²) in [5.74, 6) is 1.66. The molecule has 4 heterocycles. The minimum Gasteiger partial charge on any atom is -0.490 e. The number of pyridine rings is 2. The predicted molar refractivity (Wildman–Crippen MR) is 130 cm³/mol. The number of H-pyrrole nitrogens is 1. The van der Waals surface area contributed by atoms with Crippen LogP contribution in [0.4, 0.5) is 0 Å². The second-order valence-corrected chi connectivity index (χ2v) is 8.45. The first-order chi connectivity index (χ1) is 16.7. The SMILES string of the molecule is CCOc1cc(C(=O)N2CCC(c3c[nH]c4ncccc34)CC2)ccc1OCc1ccncc1. The van der Waals surface area contributed by atoms with Crippen LogP contribution in [0.25, 0.3) is 11.0 Å². The van der Waals surface area contributed by atoms with Crippen molar-refractivity contribution >= 4 is 16.9 Å². The molecular weight excluding hydrogens is 428 g/mol. The highest BCUT2D eigenvalue weighted by molar-refractivity contribution is 5.95. The third-order valence-electron chi connectivity index (χ3n) is 6.34. The number of fused-ring (bicyclic) bond motifs is 1. The summed E-state index contributed by atoms with van der Waals surface area (Å²) in [6.45, 7) is 4.27. The zero-order valence-electron chi connectivity index (χ0n) is 19.2. The standard InChI is InChI=1S/C27H28N4O3/c1-2-33-25-16-21(5-6-24(25)34-18-19-7-12-28-13-8-19)27(32)31-14-9-20(10-15-31)23-17-30-26-22(23)4-3-11-29-26/h3-8,11-13,16-17,20H,2,9-10,14-15,18H2,1H3,(H,29,30). The average Bonchev–Trinajstić information content (AvgIpc) is 3.33. The Kier molecular flexibility index (Phi) is 6.42. The third kappa shape index (κ3) is 4.59. The number of hydrogen-bond acceptors (Lipinski definition) is 5. The number of benzene rings is 1. The first-order valence-corrected chi connectivity index (χ1v) is 11.7. The van der Waals surface area contributed by atoms with Gasteiger partial charge in [-0.05, 0) is 79.3 Å². The van der Waals surface area contributed by atoms with Crippen molar-refractivity contribution in [1.29, 1.82) is 0 Å². The molecule has 0 atom stereocenters. The highest BCUT2D eigenvalue weighted by Gasteiger charge is 2.26. The molecule has 7 nitrogen and oxygen atoms in total. The lowest BCUT2D eigenvalue weighted by molar-refractivity contribution is 0.0712. The quantitative estimate of drug-likeness (QED) is 0.425. The van der Waals surface area contributed by atoms with Gasteiger partial charge in [0.05, 0.1) is 6.61 Å². The molecule has 1 aromatic carbocycles. The average molecular weight is 457 g/mol. The van der Waals surface area contributed by atoms with Crippen molar-refractivity contribution in [2.75, 3.05) is 19.7 Å². The Labute approximate surface area is 198 Å². The zero-order valence-corrected chi connectivity index (χ0v) is 19.2. The monoisotopic (exact) mass is 456 g/mol.